The molecule has 0 radical (unpaired) electrons. The molecule has 1 aromatic heterocycles. The van der Waals surface area contributed by atoms with Crippen LogP contribution in [0.2, 0.25) is 0 Å². The van der Waals surface area contributed by atoms with Crippen LogP contribution in [0.25, 0.3) is 5.69 Å². The van der Waals surface area contributed by atoms with Crippen molar-refractivity contribution in [3.8, 4) is 5.69 Å². The average molecular weight is 373 g/mol. The quantitative estimate of drug-likeness (QED) is 0.716. The summed E-state index contributed by atoms with van der Waals surface area (Å²) in [6.07, 6.45) is -4.47. The molecule has 2 aromatic carbocycles. The Morgan fingerprint density at radius 3 is 2.56 bits per heavy atom. The predicted octanol–water partition coefficient (Wildman–Crippen LogP) is 3.03. The molecule has 0 bridgehead atoms. The number of benzene rings is 2. The Kier molecular flexibility index (Phi) is 4.25. The summed E-state index contributed by atoms with van der Waals surface area (Å²) in [6, 6.07) is 12.6. The summed E-state index contributed by atoms with van der Waals surface area (Å²) in [7, 11) is 0. The maximum Gasteiger partial charge on any atom is 0.416 e. The van der Waals surface area contributed by atoms with Crippen molar-refractivity contribution in [2.24, 2.45) is 10.9 Å². The first-order valence-electron chi connectivity index (χ1n) is 8.06. The van der Waals surface area contributed by atoms with Crippen molar-refractivity contribution in [2.45, 2.75) is 19.3 Å². The first-order chi connectivity index (χ1) is 13.0. The molecule has 0 amide bonds. The minimum absolute atomic E-state index is 0.0336. The summed E-state index contributed by atoms with van der Waals surface area (Å²) in [5, 5.41) is 8.10. The van der Waals surface area contributed by atoms with Gasteiger partial charge in [0.05, 0.1) is 17.0 Å². The molecule has 3 aromatic rings. The van der Waals surface area contributed by atoms with Crippen LogP contribution in [0.5, 0.6) is 0 Å². The fourth-order valence-corrected chi connectivity index (χ4v) is 3.08. The molecule has 0 atom stereocenters. The lowest BCUT2D eigenvalue weighted by atomic mass is 9.98. The number of fused-ring (bicyclic) bond motifs is 3. The molecular formula is C18H14F3N5O. The van der Waals surface area contributed by atoms with Crippen molar-refractivity contribution < 1.29 is 18.0 Å². The van der Waals surface area contributed by atoms with E-state index in [2.05, 4.69) is 20.0 Å². The second-order valence-corrected chi connectivity index (χ2v) is 5.94. The van der Waals surface area contributed by atoms with Crippen molar-refractivity contribution in [3.05, 3.63) is 76.9 Å². The Hall–Kier alpha value is -3.04. The van der Waals surface area contributed by atoms with E-state index in [1.165, 1.54) is 6.07 Å². The van der Waals surface area contributed by atoms with Crippen LogP contribution in [-0.4, -0.2) is 20.5 Å². The Morgan fingerprint density at radius 2 is 1.85 bits per heavy atom. The molecule has 27 heavy (non-hydrogen) atoms. The summed E-state index contributed by atoms with van der Waals surface area (Å²) in [4.78, 5) is 9.18. The van der Waals surface area contributed by atoms with E-state index in [4.69, 9.17) is 5.90 Å². The fraction of sp³-hybridized carbons (Fsp3) is 0.167. The lowest BCUT2D eigenvalue weighted by Crippen LogP contribution is -2.14. The van der Waals surface area contributed by atoms with E-state index in [1.54, 1.807) is 16.7 Å². The van der Waals surface area contributed by atoms with Crippen molar-refractivity contribution in [2.75, 3.05) is 0 Å². The fourth-order valence-electron chi connectivity index (χ4n) is 3.08. The van der Waals surface area contributed by atoms with Crippen molar-refractivity contribution in [1.29, 1.82) is 0 Å². The molecule has 4 rings (SSSR count). The third-order valence-corrected chi connectivity index (χ3v) is 4.26. The third kappa shape index (κ3) is 3.11. The van der Waals surface area contributed by atoms with E-state index in [0.717, 1.165) is 12.1 Å². The number of nitrogens with two attached hydrogens (primary N) is 1. The van der Waals surface area contributed by atoms with Crippen molar-refractivity contribution in [1.82, 2.24) is 14.8 Å². The summed E-state index contributed by atoms with van der Waals surface area (Å²) >= 11 is 0. The predicted molar refractivity (Wildman–Crippen MR) is 91.1 cm³/mol. The van der Waals surface area contributed by atoms with E-state index in [1.807, 2.05) is 18.2 Å². The van der Waals surface area contributed by atoms with Gasteiger partial charge in [0, 0.05) is 11.1 Å². The Bertz CT molecular complexity index is 1010. The average Bonchev–Trinajstić information content (AvgIpc) is 2.97. The zero-order chi connectivity index (χ0) is 19.0. The number of hydrogen-bond acceptors (Lipinski definition) is 5. The molecular weight excluding hydrogens is 359 g/mol. The van der Waals surface area contributed by atoms with Gasteiger partial charge in [-0.25, -0.2) is 5.90 Å². The summed E-state index contributed by atoms with van der Waals surface area (Å²) in [5.41, 5.74) is 1.26. The van der Waals surface area contributed by atoms with Gasteiger partial charge in [-0.05, 0) is 18.2 Å². The van der Waals surface area contributed by atoms with Gasteiger partial charge in [0.2, 0.25) is 0 Å². The largest absolute Gasteiger partial charge is 0.416 e. The van der Waals surface area contributed by atoms with E-state index in [-0.39, 0.29) is 13.2 Å². The minimum Gasteiger partial charge on any atom is -0.296 e. The summed E-state index contributed by atoms with van der Waals surface area (Å²) in [6.45, 7) is 0.131. The van der Waals surface area contributed by atoms with Crippen LogP contribution < -0.4 is 5.90 Å². The standard InChI is InChI=1S/C18H14F3N5O/c19-18(20,21)12-6-7-14-13(8-12)17(11-4-2-1-3-5-11)23-9-15-24-25-16(10-27-22)26(14)15/h1-8H,9-10,22H2. The summed E-state index contributed by atoms with van der Waals surface area (Å²) < 4.78 is 41.6. The van der Waals surface area contributed by atoms with E-state index < -0.39 is 11.7 Å². The van der Waals surface area contributed by atoms with Gasteiger partial charge >= 0.3 is 6.18 Å². The normalized spacial score (nSPS) is 13.6. The molecule has 0 spiro atoms. The van der Waals surface area contributed by atoms with Crippen LogP contribution >= 0.6 is 0 Å². The van der Waals surface area contributed by atoms with Gasteiger partial charge in [0.1, 0.15) is 13.2 Å². The molecule has 138 valence electrons. The van der Waals surface area contributed by atoms with Gasteiger partial charge in [0.25, 0.3) is 0 Å². The number of aromatic nitrogens is 3. The number of hydrogen-bond donors (Lipinski definition) is 1. The van der Waals surface area contributed by atoms with E-state index in [0.29, 0.717) is 34.2 Å². The molecule has 0 unspecified atom stereocenters. The Labute approximate surface area is 152 Å². The maximum atomic E-state index is 13.3. The van der Waals surface area contributed by atoms with E-state index in [9.17, 15) is 13.2 Å². The molecule has 0 aliphatic carbocycles. The van der Waals surface area contributed by atoms with Gasteiger partial charge < -0.3 is 0 Å². The molecule has 2 N–H and O–H groups in total. The minimum atomic E-state index is -4.47. The molecule has 1 aliphatic heterocycles. The zero-order valence-electron chi connectivity index (χ0n) is 13.9. The van der Waals surface area contributed by atoms with Crippen LogP contribution in [0.15, 0.2) is 53.5 Å². The van der Waals surface area contributed by atoms with Gasteiger partial charge in [-0.3, -0.25) is 14.4 Å². The van der Waals surface area contributed by atoms with E-state index >= 15 is 0 Å². The number of alkyl halides is 3. The highest BCUT2D eigenvalue weighted by molar-refractivity contribution is 6.15. The molecule has 6 nitrogen and oxygen atoms in total. The Balaban J connectivity index is 1.98. The number of rotatable bonds is 3. The smallest absolute Gasteiger partial charge is 0.296 e. The SMILES string of the molecule is NOCc1nnc2n1-c1ccc(C(F)(F)F)cc1C(c1ccccc1)=NC2. The van der Waals surface area contributed by atoms with Gasteiger partial charge in [-0.1, -0.05) is 30.3 Å². The maximum absolute atomic E-state index is 13.3. The summed E-state index contributed by atoms with van der Waals surface area (Å²) in [5.74, 6) is 6.03. The van der Waals surface area contributed by atoms with Crippen LogP contribution in [0.4, 0.5) is 13.2 Å². The molecule has 0 fully saturated rings. The zero-order valence-corrected chi connectivity index (χ0v) is 13.9. The van der Waals surface area contributed by atoms with Gasteiger partial charge in [-0.15, -0.1) is 10.2 Å². The highest BCUT2D eigenvalue weighted by Crippen LogP contribution is 2.34. The number of aliphatic imine (C=N–C) groups is 1. The van der Waals surface area contributed by atoms with Crippen molar-refractivity contribution in [3.63, 3.8) is 0 Å². The second-order valence-electron chi connectivity index (χ2n) is 5.94. The van der Waals surface area contributed by atoms with Crippen LogP contribution in [0, 0.1) is 0 Å². The molecule has 9 heteroatoms. The lowest BCUT2D eigenvalue weighted by molar-refractivity contribution is -0.137. The van der Waals surface area contributed by atoms with Crippen LogP contribution in [0.3, 0.4) is 0 Å². The highest BCUT2D eigenvalue weighted by Gasteiger charge is 2.33. The second kappa shape index (κ2) is 6.60. The molecule has 0 saturated carbocycles. The van der Waals surface area contributed by atoms with Crippen LogP contribution in [-0.2, 0) is 24.2 Å². The lowest BCUT2D eigenvalue weighted by Gasteiger charge is -2.16. The van der Waals surface area contributed by atoms with Gasteiger partial charge in [-0.2, -0.15) is 13.2 Å². The first kappa shape index (κ1) is 17.4. The number of nitrogens with zero attached hydrogens (tertiary/aromatic N) is 4. The third-order valence-electron chi connectivity index (χ3n) is 4.26. The van der Waals surface area contributed by atoms with Crippen molar-refractivity contribution >= 4 is 5.71 Å². The number of halogens is 3. The highest BCUT2D eigenvalue weighted by atomic mass is 19.4. The first-order valence-corrected chi connectivity index (χ1v) is 8.06. The molecule has 1 aliphatic rings. The monoisotopic (exact) mass is 373 g/mol. The molecule has 0 saturated heterocycles. The molecule has 2 heterocycles. The van der Waals surface area contributed by atoms with Crippen LogP contribution in [0.1, 0.15) is 28.3 Å². The topological polar surface area (TPSA) is 78.3 Å². The van der Waals surface area contributed by atoms with Gasteiger partial charge in [0.15, 0.2) is 11.6 Å². The Morgan fingerprint density at radius 1 is 1.07 bits per heavy atom.